The Morgan fingerprint density at radius 1 is 1.29 bits per heavy atom. The number of hydrogen-bond acceptors (Lipinski definition) is 4. The van der Waals surface area contributed by atoms with Crippen molar-refractivity contribution in [1.82, 2.24) is 4.90 Å². The average Bonchev–Trinajstić information content (AvgIpc) is 2.79. The zero-order chi connectivity index (χ0) is 12.1. The minimum atomic E-state index is -0.149. The molecule has 0 aromatic carbocycles. The number of carbonyl (C=O) groups excluding carboxylic acids is 1. The molecule has 1 saturated heterocycles. The summed E-state index contributed by atoms with van der Waals surface area (Å²) in [6.45, 7) is 5.68. The summed E-state index contributed by atoms with van der Waals surface area (Å²) in [5.74, 6) is -0.0596. The van der Waals surface area contributed by atoms with Crippen molar-refractivity contribution >= 4 is 5.97 Å². The van der Waals surface area contributed by atoms with Crippen molar-refractivity contribution in [2.45, 2.75) is 44.6 Å². The molecule has 0 bridgehead atoms. The number of hydrogen-bond donors (Lipinski definition) is 0. The quantitative estimate of drug-likeness (QED) is 0.701. The Bertz CT molecular complexity index is 255. The third-order valence-electron chi connectivity index (χ3n) is 3.95. The molecule has 2 rings (SSSR count). The van der Waals surface area contributed by atoms with Crippen LogP contribution in [0.3, 0.4) is 0 Å². The molecular weight excluding hydrogens is 218 g/mol. The first-order valence-electron chi connectivity index (χ1n) is 6.76. The lowest BCUT2D eigenvalue weighted by molar-refractivity contribution is -0.161. The highest BCUT2D eigenvalue weighted by Crippen LogP contribution is 2.35. The van der Waals surface area contributed by atoms with E-state index in [0.29, 0.717) is 6.54 Å². The molecule has 0 spiro atoms. The maximum Gasteiger partial charge on any atom is 0.320 e. The van der Waals surface area contributed by atoms with Crippen molar-refractivity contribution in [2.24, 2.45) is 0 Å². The van der Waals surface area contributed by atoms with E-state index in [-0.39, 0.29) is 11.6 Å². The Morgan fingerprint density at radius 3 is 2.53 bits per heavy atom. The molecular formula is C13H23NO3. The number of esters is 1. The molecule has 4 nitrogen and oxygen atoms in total. The molecule has 0 unspecified atom stereocenters. The van der Waals surface area contributed by atoms with Gasteiger partial charge in [0.25, 0.3) is 0 Å². The van der Waals surface area contributed by atoms with Crippen molar-refractivity contribution < 1.29 is 14.3 Å². The van der Waals surface area contributed by atoms with Crippen LogP contribution in [0, 0.1) is 0 Å². The maximum atomic E-state index is 11.9. The predicted octanol–water partition coefficient (Wildman–Crippen LogP) is 1.58. The summed E-state index contributed by atoms with van der Waals surface area (Å²) in [5, 5.41) is 0. The third kappa shape index (κ3) is 3.42. The first-order chi connectivity index (χ1) is 8.24. The van der Waals surface area contributed by atoms with Gasteiger partial charge in [-0.3, -0.25) is 9.69 Å². The number of rotatable bonds is 4. The lowest BCUT2D eigenvalue weighted by atomic mass is 9.99. The van der Waals surface area contributed by atoms with Gasteiger partial charge in [-0.15, -0.1) is 0 Å². The molecule has 0 amide bonds. The van der Waals surface area contributed by atoms with E-state index in [9.17, 15) is 4.79 Å². The van der Waals surface area contributed by atoms with Crippen LogP contribution in [0.5, 0.6) is 0 Å². The van der Waals surface area contributed by atoms with Gasteiger partial charge in [0.1, 0.15) is 5.60 Å². The highest BCUT2D eigenvalue weighted by atomic mass is 16.6. The minimum Gasteiger partial charge on any atom is -0.458 e. The monoisotopic (exact) mass is 241 g/mol. The third-order valence-corrected chi connectivity index (χ3v) is 3.95. The van der Waals surface area contributed by atoms with Crippen LogP contribution in [0.15, 0.2) is 0 Å². The van der Waals surface area contributed by atoms with Crippen LogP contribution in [-0.4, -0.2) is 49.3 Å². The molecule has 0 aromatic rings. The molecule has 1 aliphatic heterocycles. The molecule has 98 valence electrons. The largest absolute Gasteiger partial charge is 0.458 e. The number of nitrogens with zero attached hydrogens (tertiary/aromatic N) is 1. The summed E-state index contributed by atoms with van der Waals surface area (Å²) >= 11 is 0. The molecule has 2 aliphatic rings. The van der Waals surface area contributed by atoms with Gasteiger partial charge in [-0.25, -0.2) is 0 Å². The van der Waals surface area contributed by atoms with Crippen LogP contribution in [0.2, 0.25) is 0 Å². The Kier molecular flexibility index (Phi) is 4.40. The van der Waals surface area contributed by atoms with Gasteiger partial charge < -0.3 is 9.47 Å². The van der Waals surface area contributed by atoms with Crippen LogP contribution in [0.4, 0.5) is 0 Å². The smallest absolute Gasteiger partial charge is 0.320 e. The topological polar surface area (TPSA) is 38.8 Å². The van der Waals surface area contributed by atoms with Crippen molar-refractivity contribution in [1.29, 1.82) is 0 Å². The van der Waals surface area contributed by atoms with Crippen LogP contribution in [0.25, 0.3) is 0 Å². The molecule has 2 fully saturated rings. The van der Waals surface area contributed by atoms with Gasteiger partial charge in [0.05, 0.1) is 19.8 Å². The maximum absolute atomic E-state index is 11.9. The van der Waals surface area contributed by atoms with Crippen molar-refractivity contribution in [3.05, 3.63) is 0 Å². The van der Waals surface area contributed by atoms with Crippen LogP contribution >= 0.6 is 0 Å². The first kappa shape index (κ1) is 12.8. The van der Waals surface area contributed by atoms with E-state index in [2.05, 4.69) is 11.8 Å². The fraction of sp³-hybridized carbons (Fsp3) is 0.923. The van der Waals surface area contributed by atoms with Gasteiger partial charge in [0.15, 0.2) is 0 Å². The summed E-state index contributed by atoms with van der Waals surface area (Å²) in [7, 11) is 0. The highest BCUT2D eigenvalue weighted by Gasteiger charge is 2.36. The summed E-state index contributed by atoms with van der Waals surface area (Å²) in [6, 6.07) is 0. The Labute approximate surface area is 103 Å². The van der Waals surface area contributed by atoms with Crippen molar-refractivity contribution in [2.75, 3.05) is 32.8 Å². The molecule has 4 heteroatoms. The van der Waals surface area contributed by atoms with Crippen LogP contribution in [-0.2, 0) is 14.3 Å². The van der Waals surface area contributed by atoms with Crippen LogP contribution in [0.1, 0.15) is 39.0 Å². The molecule has 1 saturated carbocycles. The van der Waals surface area contributed by atoms with Crippen molar-refractivity contribution in [3.63, 3.8) is 0 Å². The summed E-state index contributed by atoms with van der Waals surface area (Å²) in [5.41, 5.74) is -0.149. The molecule has 0 atom stereocenters. The Morgan fingerprint density at radius 2 is 1.94 bits per heavy atom. The SMILES string of the molecule is CCC1(OC(=O)CN2CCOCC2)CCCC1. The number of ether oxygens (including phenoxy) is 2. The second-order valence-electron chi connectivity index (χ2n) is 5.11. The van der Waals surface area contributed by atoms with Crippen molar-refractivity contribution in [3.8, 4) is 0 Å². The fourth-order valence-corrected chi connectivity index (χ4v) is 2.76. The van der Waals surface area contributed by atoms with Gasteiger partial charge in [-0.05, 0) is 32.1 Å². The standard InChI is InChI=1S/C13H23NO3/c1-2-13(5-3-4-6-13)17-12(15)11-14-7-9-16-10-8-14/h2-11H2,1H3. The lowest BCUT2D eigenvalue weighted by Gasteiger charge is -2.30. The summed E-state index contributed by atoms with van der Waals surface area (Å²) in [6.07, 6.45) is 5.41. The second-order valence-corrected chi connectivity index (χ2v) is 5.11. The lowest BCUT2D eigenvalue weighted by Crippen LogP contribution is -2.42. The highest BCUT2D eigenvalue weighted by molar-refractivity contribution is 5.72. The Balaban J connectivity index is 1.79. The molecule has 1 heterocycles. The molecule has 0 N–H and O–H groups in total. The zero-order valence-electron chi connectivity index (χ0n) is 10.7. The van der Waals surface area contributed by atoms with E-state index in [1.54, 1.807) is 0 Å². The van der Waals surface area contributed by atoms with E-state index in [1.165, 1.54) is 12.8 Å². The fourth-order valence-electron chi connectivity index (χ4n) is 2.76. The summed E-state index contributed by atoms with van der Waals surface area (Å²) < 4.78 is 11.0. The van der Waals surface area contributed by atoms with Gasteiger partial charge in [-0.2, -0.15) is 0 Å². The van der Waals surface area contributed by atoms with Gasteiger partial charge >= 0.3 is 5.97 Å². The van der Waals surface area contributed by atoms with E-state index in [4.69, 9.17) is 9.47 Å². The van der Waals surface area contributed by atoms with E-state index in [0.717, 1.165) is 45.6 Å². The second kappa shape index (κ2) is 5.83. The zero-order valence-corrected chi connectivity index (χ0v) is 10.7. The van der Waals surface area contributed by atoms with Crippen LogP contribution < -0.4 is 0 Å². The first-order valence-corrected chi connectivity index (χ1v) is 6.76. The van der Waals surface area contributed by atoms with E-state index >= 15 is 0 Å². The van der Waals surface area contributed by atoms with Gasteiger partial charge in [-0.1, -0.05) is 6.92 Å². The average molecular weight is 241 g/mol. The Hall–Kier alpha value is -0.610. The number of carbonyl (C=O) groups is 1. The molecule has 0 radical (unpaired) electrons. The van der Waals surface area contributed by atoms with Gasteiger partial charge in [0, 0.05) is 13.1 Å². The molecule has 0 aromatic heterocycles. The molecule has 1 aliphatic carbocycles. The van der Waals surface area contributed by atoms with E-state index < -0.39 is 0 Å². The van der Waals surface area contributed by atoms with Gasteiger partial charge in [0.2, 0.25) is 0 Å². The summed E-state index contributed by atoms with van der Waals surface area (Å²) in [4.78, 5) is 14.0. The molecule has 17 heavy (non-hydrogen) atoms. The normalized spacial score (nSPS) is 24.8. The number of morpholine rings is 1. The predicted molar refractivity (Wildman–Crippen MR) is 64.8 cm³/mol. The van der Waals surface area contributed by atoms with E-state index in [1.807, 2.05) is 0 Å². The minimum absolute atomic E-state index is 0.0596.